The van der Waals surface area contributed by atoms with Crippen molar-refractivity contribution in [1.82, 2.24) is 0 Å². The molecule has 25 heavy (non-hydrogen) atoms. The zero-order valence-electron chi connectivity index (χ0n) is 15.1. The highest BCUT2D eigenvalue weighted by Crippen LogP contribution is 2.53. The van der Waals surface area contributed by atoms with Gasteiger partial charge in [-0.25, -0.2) is 0 Å². The van der Waals surface area contributed by atoms with E-state index in [1.807, 2.05) is 30.3 Å². The van der Waals surface area contributed by atoms with Gasteiger partial charge in [0, 0.05) is 29.7 Å². The molecule has 0 radical (unpaired) electrons. The van der Waals surface area contributed by atoms with E-state index >= 15 is 0 Å². The molecule has 0 saturated carbocycles. The van der Waals surface area contributed by atoms with E-state index in [-0.39, 0.29) is 11.3 Å². The maximum absolute atomic E-state index is 11.3. The van der Waals surface area contributed by atoms with E-state index in [9.17, 15) is 4.79 Å². The van der Waals surface area contributed by atoms with Crippen LogP contribution in [-0.4, -0.2) is 5.91 Å². The Morgan fingerprint density at radius 3 is 2.56 bits per heavy atom. The second-order valence-corrected chi connectivity index (χ2v) is 6.87. The lowest BCUT2D eigenvalue weighted by atomic mass is 9.73. The fraction of sp³-hybridized carbons (Fsp3) is 0.381. The predicted octanol–water partition coefficient (Wildman–Crippen LogP) is 4.20. The third kappa shape index (κ3) is 2.91. The van der Waals surface area contributed by atoms with Gasteiger partial charge >= 0.3 is 0 Å². The second-order valence-electron chi connectivity index (χ2n) is 6.87. The molecule has 0 heterocycles. The highest BCUT2D eigenvalue weighted by atomic mass is 16.5. The Morgan fingerprint density at radius 2 is 1.88 bits per heavy atom. The Bertz CT molecular complexity index is 783. The van der Waals surface area contributed by atoms with E-state index in [1.165, 1.54) is 12.5 Å². The first-order valence-corrected chi connectivity index (χ1v) is 8.88. The second kappa shape index (κ2) is 6.52. The maximum atomic E-state index is 11.3. The zero-order chi connectivity index (χ0) is 18.1. The van der Waals surface area contributed by atoms with Crippen LogP contribution >= 0.6 is 0 Å². The maximum Gasteiger partial charge on any atom is 0.221 e. The molecule has 4 heteroatoms. The Morgan fingerprint density at radius 1 is 1.16 bits per heavy atom. The molecule has 1 atom stereocenters. The molecule has 1 aliphatic rings. The van der Waals surface area contributed by atoms with Crippen LogP contribution in [0.4, 0.5) is 5.69 Å². The van der Waals surface area contributed by atoms with Gasteiger partial charge in [0.25, 0.3) is 0 Å². The van der Waals surface area contributed by atoms with E-state index in [0.29, 0.717) is 11.4 Å². The molecule has 132 valence electrons. The van der Waals surface area contributed by atoms with Crippen molar-refractivity contribution < 1.29 is 9.53 Å². The molecular formula is C21H26N2O2. The molecule has 2 aromatic carbocycles. The fourth-order valence-electron chi connectivity index (χ4n) is 4.03. The van der Waals surface area contributed by atoms with Crippen LogP contribution in [-0.2, 0) is 16.9 Å². The van der Waals surface area contributed by atoms with Gasteiger partial charge in [-0.3, -0.25) is 10.5 Å². The molecule has 3 N–H and O–H groups in total. The van der Waals surface area contributed by atoms with E-state index in [4.69, 9.17) is 10.5 Å². The minimum Gasteiger partial charge on any atom is -0.468 e. The largest absolute Gasteiger partial charge is 0.468 e. The number of hydrogen-bond donors (Lipinski definition) is 2. The summed E-state index contributed by atoms with van der Waals surface area (Å²) >= 11 is 0. The summed E-state index contributed by atoms with van der Waals surface area (Å²) in [7, 11) is 0. The first-order chi connectivity index (χ1) is 11.9. The Balaban J connectivity index is 2.02. The average Bonchev–Trinajstić information content (AvgIpc) is 2.84. The smallest absolute Gasteiger partial charge is 0.221 e. The van der Waals surface area contributed by atoms with E-state index in [1.54, 1.807) is 0 Å². The minimum absolute atomic E-state index is 0.109. The number of carbonyl (C=O) groups is 1. The number of benzene rings is 2. The fourth-order valence-corrected chi connectivity index (χ4v) is 4.03. The monoisotopic (exact) mass is 338 g/mol. The number of anilines is 1. The average molecular weight is 338 g/mol. The molecule has 1 aliphatic carbocycles. The van der Waals surface area contributed by atoms with E-state index in [2.05, 4.69) is 37.4 Å². The number of nitrogens with two attached hydrogens (primary N) is 1. The van der Waals surface area contributed by atoms with Gasteiger partial charge in [0.05, 0.1) is 0 Å². The summed E-state index contributed by atoms with van der Waals surface area (Å²) in [5.41, 5.74) is 8.93. The van der Waals surface area contributed by atoms with E-state index < -0.39 is 5.72 Å². The molecule has 0 bridgehead atoms. The van der Waals surface area contributed by atoms with Crippen LogP contribution < -0.4 is 15.8 Å². The highest BCUT2D eigenvalue weighted by Gasteiger charge is 2.55. The topological polar surface area (TPSA) is 64.3 Å². The SMILES string of the molecule is CCC1(CC)Cc2ccccc2C1(N)Oc1cccc(NC(C)=O)c1. The summed E-state index contributed by atoms with van der Waals surface area (Å²) in [4.78, 5) is 11.3. The van der Waals surface area contributed by atoms with Crippen LogP contribution in [0.3, 0.4) is 0 Å². The zero-order valence-corrected chi connectivity index (χ0v) is 15.1. The Labute approximate surface area is 149 Å². The lowest BCUT2D eigenvalue weighted by Gasteiger charge is -2.43. The van der Waals surface area contributed by atoms with Crippen molar-refractivity contribution in [3.05, 3.63) is 59.7 Å². The minimum atomic E-state index is -0.887. The summed E-state index contributed by atoms with van der Waals surface area (Å²) < 4.78 is 6.44. The van der Waals surface area contributed by atoms with Crippen molar-refractivity contribution in [2.45, 2.75) is 45.8 Å². The lowest BCUT2D eigenvalue weighted by Crippen LogP contribution is -2.54. The normalized spacial score (nSPS) is 20.8. The number of hydrogen-bond acceptors (Lipinski definition) is 3. The molecule has 0 fully saturated rings. The molecule has 0 aliphatic heterocycles. The molecule has 4 nitrogen and oxygen atoms in total. The van der Waals surface area contributed by atoms with Gasteiger partial charge in [-0.05, 0) is 37.0 Å². The number of fused-ring (bicyclic) bond motifs is 1. The first kappa shape index (κ1) is 17.5. The van der Waals surface area contributed by atoms with Gasteiger partial charge in [-0.15, -0.1) is 0 Å². The number of amides is 1. The predicted molar refractivity (Wildman–Crippen MR) is 100 cm³/mol. The number of ether oxygens (including phenoxy) is 1. The standard InChI is InChI=1S/C21H26N2O2/c1-4-20(5-2)14-16-9-6-7-12-19(16)21(20,22)25-18-11-8-10-17(13-18)23-15(3)24/h6-13H,4-5,14,22H2,1-3H3,(H,23,24). The Kier molecular flexibility index (Phi) is 4.56. The third-order valence-corrected chi connectivity index (χ3v) is 5.52. The highest BCUT2D eigenvalue weighted by molar-refractivity contribution is 5.88. The summed E-state index contributed by atoms with van der Waals surface area (Å²) in [6.45, 7) is 5.84. The van der Waals surface area contributed by atoms with Crippen molar-refractivity contribution in [3.63, 3.8) is 0 Å². The summed E-state index contributed by atoms with van der Waals surface area (Å²) in [6, 6.07) is 15.7. The van der Waals surface area contributed by atoms with Crippen LogP contribution in [0, 0.1) is 5.41 Å². The number of nitrogens with one attached hydrogen (secondary N) is 1. The van der Waals surface area contributed by atoms with Crippen LogP contribution in [0.5, 0.6) is 5.75 Å². The molecule has 0 spiro atoms. The molecule has 3 rings (SSSR count). The number of rotatable bonds is 5. The van der Waals surface area contributed by atoms with Gasteiger partial charge in [0.1, 0.15) is 5.75 Å². The van der Waals surface area contributed by atoms with Crippen LogP contribution in [0.15, 0.2) is 48.5 Å². The van der Waals surface area contributed by atoms with Crippen molar-refractivity contribution in [1.29, 1.82) is 0 Å². The van der Waals surface area contributed by atoms with Crippen LogP contribution in [0.2, 0.25) is 0 Å². The van der Waals surface area contributed by atoms with Crippen molar-refractivity contribution in [2.24, 2.45) is 11.1 Å². The van der Waals surface area contributed by atoms with Crippen molar-refractivity contribution in [2.75, 3.05) is 5.32 Å². The van der Waals surface area contributed by atoms with Gasteiger partial charge in [-0.1, -0.05) is 44.2 Å². The third-order valence-electron chi connectivity index (χ3n) is 5.52. The molecule has 1 amide bonds. The van der Waals surface area contributed by atoms with Crippen molar-refractivity contribution >= 4 is 11.6 Å². The molecule has 0 aromatic heterocycles. The van der Waals surface area contributed by atoms with Gasteiger partial charge in [0.15, 0.2) is 5.72 Å². The number of carbonyl (C=O) groups excluding carboxylic acids is 1. The van der Waals surface area contributed by atoms with Crippen molar-refractivity contribution in [3.8, 4) is 5.75 Å². The molecular weight excluding hydrogens is 312 g/mol. The van der Waals surface area contributed by atoms with Gasteiger partial charge < -0.3 is 10.1 Å². The van der Waals surface area contributed by atoms with Gasteiger partial charge in [0.2, 0.25) is 5.91 Å². The van der Waals surface area contributed by atoms with Crippen LogP contribution in [0.25, 0.3) is 0 Å². The molecule has 0 saturated heterocycles. The van der Waals surface area contributed by atoms with Gasteiger partial charge in [-0.2, -0.15) is 0 Å². The quantitative estimate of drug-likeness (QED) is 0.803. The summed E-state index contributed by atoms with van der Waals surface area (Å²) in [5, 5.41) is 2.79. The summed E-state index contributed by atoms with van der Waals surface area (Å²) in [6.07, 6.45) is 2.78. The Hall–Kier alpha value is -2.33. The molecule has 2 aromatic rings. The summed E-state index contributed by atoms with van der Waals surface area (Å²) in [5.74, 6) is 0.555. The molecule has 1 unspecified atom stereocenters. The van der Waals surface area contributed by atoms with Crippen LogP contribution in [0.1, 0.15) is 44.7 Å². The van der Waals surface area contributed by atoms with E-state index in [0.717, 1.165) is 24.8 Å². The first-order valence-electron chi connectivity index (χ1n) is 8.88. The lowest BCUT2D eigenvalue weighted by molar-refractivity contribution is -0.114.